The summed E-state index contributed by atoms with van der Waals surface area (Å²) < 4.78 is 0. The van der Waals surface area contributed by atoms with Crippen LogP contribution in [-0.4, -0.2) is 71.7 Å². The van der Waals surface area contributed by atoms with Crippen molar-refractivity contribution in [2.24, 2.45) is 5.92 Å². The Morgan fingerprint density at radius 2 is 2.12 bits per heavy atom. The smallest absolute Gasteiger partial charge is 0.219 e. The second kappa shape index (κ2) is 6.31. The number of aryl methyl sites for hydroxylation is 2. The zero-order chi connectivity index (χ0) is 16.7. The van der Waals surface area contributed by atoms with Crippen molar-refractivity contribution in [2.75, 3.05) is 44.7 Å². The Morgan fingerprint density at radius 3 is 2.88 bits per heavy atom. The van der Waals surface area contributed by atoms with Crippen LogP contribution in [0.4, 0.5) is 5.82 Å². The first kappa shape index (κ1) is 15.8. The van der Waals surface area contributed by atoms with E-state index in [1.54, 1.807) is 6.92 Å². The van der Waals surface area contributed by atoms with Gasteiger partial charge in [-0.15, -0.1) is 5.10 Å². The summed E-state index contributed by atoms with van der Waals surface area (Å²) in [5.74, 6) is 1.88. The molecule has 0 N–H and O–H groups in total. The first-order valence-electron chi connectivity index (χ1n) is 9.16. The van der Waals surface area contributed by atoms with E-state index >= 15 is 0 Å². The van der Waals surface area contributed by atoms with Crippen molar-refractivity contribution in [2.45, 2.75) is 38.6 Å². The summed E-state index contributed by atoms with van der Waals surface area (Å²) in [5.41, 5.74) is 2.59. The summed E-state index contributed by atoms with van der Waals surface area (Å²) in [6, 6.07) is 2.83. The number of hydrogen-bond donors (Lipinski definition) is 0. The minimum atomic E-state index is 0.213. The molecule has 6 nitrogen and oxygen atoms in total. The molecule has 24 heavy (non-hydrogen) atoms. The molecule has 3 heterocycles. The fourth-order valence-corrected chi connectivity index (χ4v) is 4.22. The molecule has 3 aliphatic rings. The molecule has 1 unspecified atom stereocenters. The molecule has 0 aromatic carbocycles. The molecule has 2 saturated heterocycles. The van der Waals surface area contributed by atoms with E-state index in [0.29, 0.717) is 12.0 Å². The Morgan fingerprint density at radius 1 is 1.29 bits per heavy atom. The maximum absolute atomic E-state index is 11.5. The van der Waals surface area contributed by atoms with Crippen LogP contribution in [0.5, 0.6) is 0 Å². The monoisotopic (exact) mass is 329 g/mol. The van der Waals surface area contributed by atoms with E-state index in [9.17, 15) is 4.79 Å². The predicted octanol–water partition coefficient (Wildman–Crippen LogP) is 0.954. The molecule has 6 heteroatoms. The molecule has 0 saturated carbocycles. The van der Waals surface area contributed by atoms with Crippen LogP contribution < -0.4 is 4.90 Å². The number of fused-ring (bicyclic) bond motifs is 1. The van der Waals surface area contributed by atoms with Gasteiger partial charge in [-0.2, -0.15) is 5.10 Å². The van der Waals surface area contributed by atoms with Gasteiger partial charge < -0.3 is 9.80 Å². The quantitative estimate of drug-likeness (QED) is 0.823. The van der Waals surface area contributed by atoms with Gasteiger partial charge in [0.05, 0.1) is 5.69 Å². The Labute approximate surface area is 143 Å². The summed E-state index contributed by atoms with van der Waals surface area (Å²) in [5, 5.41) is 8.81. The van der Waals surface area contributed by atoms with E-state index in [-0.39, 0.29) is 5.91 Å². The van der Waals surface area contributed by atoms with Gasteiger partial charge in [-0.1, -0.05) is 0 Å². The van der Waals surface area contributed by atoms with E-state index in [1.807, 2.05) is 4.90 Å². The summed E-state index contributed by atoms with van der Waals surface area (Å²) in [7, 11) is 2.22. The molecule has 1 atom stereocenters. The van der Waals surface area contributed by atoms with Crippen molar-refractivity contribution in [1.29, 1.82) is 0 Å². The van der Waals surface area contributed by atoms with E-state index in [4.69, 9.17) is 0 Å². The molecule has 2 fully saturated rings. The van der Waals surface area contributed by atoms with Gasteiger partial charge in [-0.25, -0.2) is 0 Å². The minimum Gasteiger partial charge on any atom is -0.352 e. The molecule has 0 radical (unpaired) electrons. The Kier molecular flexibility index (Phi) is 4.16. The molecule has 2 aliphatic heterocycles. The van der Waals surface area contributed by atoms with Crippen molar-refractivity contribution in [3.8, 4) is 0 Å². The highest BCUT2D eigenvalue weighted by Crippen LogP contribution is 2.27. The molecule has 1 aromatic heterocycles. The lowest BCUT2D eigenvalue weighted by Crippen LogP contribution is -2.59. The summed E-state index contributed by atoms with van der Waals surface area (Å²) in [4.78, 5) is 18.2. The highest BCUT2D eigenvalue weighted by molar-refractivity contribution is 5.73. The Bertz CT molecular complexity index is 628. The first-order chi connectivity index (χ1) is 11.6. The lowest BCUT2D eigenvalue weighted by molar-refractivity contribution is -0.127. The van der Waals surface area contributed by atoms with Gasteiger partial charge in [0, 0.05) is 45.7 Å². The molecule has 0 bridgehead atoms. The van der Waals surface area contributed by atoms with Crippen LogP contribution in [-0.2, 0) is 17.6 Å². The largest absolute Gasteiger partial charge is 0.352 e. The number of carbonyl (C=O) groups is 1. The highest BCUT2D eigenvalue weighted by Gasteiger charge is 2.34. The normalized spacial score (nSPS) is 23.7. The molecule has 1 amide bonds. The number of aromatic nitrogens is 2. The number of likely N-dealkylation sites (N-methyl/N-ethyl adjacent to an activating group) is 1. The van der Waals surface area contributed by atoms with Crippen LogP contribution in [0.15, 0.2) is 6.07 Å². The third-order valence-electron chi connectivity index (χ3n) is 5.89. The molecule has 0 spiro atoms. The van der Waals surface area contributed by atoms with E-state index in [2.05, 4.69) is 33.1 Å². The summed E-state index contributed by atoms with van der Waals surface area (Å²) in [6.45, 7) is 6.67. The van der Waals surface area contributed by atoms with Crippen LogP contribution >= 0.6 is 0 Å². The van der Waals surface area contributed by atoms with Crippen molar-refractivity contribution in [1.82, 2.24) is 20.0 Å². The van der Waals surface area contributed by atoms with Gasteiger partial charge in [-0.3, -0.25) is 9.69 Å². The molecule has 130 valence electrons. The van der Waals surface area contributed by atoms with Crippen molar-refractivity contribution in [3.05, 3.63) is 17.3 Å². The summed E-state index contributed by atoms with van der Waals surface area (Å²) >= 11 is 0. The van der Waals surface area contributed by atoms with Crippen LogP contribution in [0, 0.1) is 5.92 Å². The number of anilines is 1. The van der Waals surface area contributed by atoms with Gasteiger partial charge in [0.1, 0.15) is 0 Å². The second-order valence-electron chi connectivity index (χ2n) is 7.65. The van der Waals surface area contributed by atoms with Gasteiger partial charge in [0.2, 0.25) is 5.91 Å². The molecule has 1 aliphatic carbocycles. The lowest BCUT2D eigenvalue weighted by Gasteiger charge is -2.45. The van der Waals surface area contributed by atoms with Crippen molar-refractivity contribution < 1.29 is 4.79 Å². The van der Waals surface area contributed by atoms with Crippen LogP contribution in [0.3, 0.4) is 0 Å². The topological polar surface area (TPSA) is 52.6 Å². The van der Waals surface area contributed by atoms with E-state index in [1.165, 1.54) is 17.7 Å². The lowest BCUT2D eigenvalue weighted by atomic mass is 10.0. The van der Waals surface area contributed by atoms with Gasteiger partial charge in [0.25, 0.3) is 0 Å². The Hall–Kier alpha value is -1.69. The standard InChI is InChI=1S/C18H27N5O/c1-13(24)22-7-6-14(10-22)9-21(2)16-11-23(12-16)18-8-15-4-3-5-17(15)19-20-18/h8,14,16H,3-7,9-12H2,1-2H3. The molecular weight excluding hydrogens is 302 g/mol. The van der Waals surface area contributed by atoms with Gasteiger partial charge >= 0.3 is 0 Å². The van der Waals surface area contributed by atoms with Crippen LogP contribution in [0.25, 0.3) is 0 Å². The maximum Gasteiger partial charge on any atom is 0.219 e. The maximum atomic E-state index is 11.5. The molecule has 4 rings (SSSR count). The van der Waals surface area contributed by atoms with Crippen LogP contribution in [0.1, 0.15) is 31.0 Å². The highest BCUT2D eigenvalue weighted by atomic mass is 16.2. The Balaban J connectivity index is 1.27. The number of rotatable bonds is 4. The number of hydrogen-bond acceptors (Lipinski definition) is 5. The van der Waals surface area contributed by atoms with E-state index in [0.717, 1.165) is 57.8 Å². The molecule has 1 aromatic rings. The van der Waals surface area contributed by atoms with Crippen LogP contribution in [0.2, 0.25) is 0 Å². The van der Waals surface area contributed by atoms with Gasteiger partial charge in [-0.05, 0) is 50.3 Å². The van der Waals surface area contributed by atoms with Crippen molar-refractivity contribution in [3.63, 3.8) is 0 Å². The SMILES string of the molecule is CC(=O)N1CCC(CN(C)C2CN(c3cc4c(nn3)CCC4)C2)C1. The van der Waals surface area contributed by atoms with E-state index < -0.39 is 0 Å². The minimum absolute atomic E-state index is 0.213. The first-order valence-corrected chi connectivity index (χ1v) is 9.16. The third-order valence-corrected chi connectivity index (χ3v) is 5.89. The predicted molar refractivity (Wildman–Crippen MR) is 93.0 cm³/mol. The number of amides is 1. The fourth-order valence-electron chi connectivity index (χ4n) is 4.22. The van der Waals surface area contributed by atoms with Gasteiger partial charge in [0.15, 0.2) is 5.82 Å². The zero-order valence-corrected chi connectivity index (χ0v) is 14.7. The average Bonchev–Trinajstić information content (AvgIpc) is 3.13. The summed E-state index contributed by atoms with van der Waals surface area (Å²) in [6.07, 6.45) is 4.60. The number of nitrogens with zero attached hydrogens (tertiary/aromatic N) is 5. The zero-order valence-electron chi connectivity index (χ0n) is 14.7. The number of carbonyl (C=O) groups excluding carboxylic acids is 1. The second-order valence-corrected chi connectivity index (χ2v) is 7.65. The van der Waals surface area contributed by atoms with Crippen molar-refractivity contribution >= 4 is 11.7 Å². The third kappa shape index (κ3) is 2.99. The molecular formula is C18H27N5O. The fraction of sp³-hybridized carbons (Fsp3) is 0.722. The average molecular weight is 329 g/mol. The number of likely N-dealkylation sites (tertiary alicyclic amines) is 1.